The van der Waals surface area contributed by atoms with Gasteiger partial charge in [0, 0.05) is 31.6 Å². The predicted octanol–water partition coefficient (Wildman–Crippen LogP) is 5.96. The fraction of sp³-hybridized carbons (Fsp3) is 0.548. The number of phenolic OH excluding ortho intramolecular Hbond substituents is 1. The molecule has 4 rings (SSSR count). The minimum atomic E-state index is 0.0971. The minimum Gasteiger partial charge on any atom is -0.508 e. The molecule has 37 heavy (non-hydrogen) atoms. The smallest absolute Gasteiger partial charge is 0.253 e. The first kappa shape index (κ1) is 27.2. The summed E-state index contributed by atoms with van der Waals surface area (Å²) < 4.78 is 2.30. The van der Waals surface area contributed by atoms with Gasteiger partial charge in [-0.1, -0.05) is 46.2 Å². The quantitative estimate of drug-likeness (QED) is 0.350. The van der Waals surface area contributed by atoms with Crippen molar-refractivity contribution in [1.29, 1.82) is 0 Å². The van der Waals surface area contributed by atoms with E-state index in [4.69, 9.17) is 4.98 Å². The molecule has 1 aliphatic rings. The first-order valence-corrected chi connectivity index (χ1v) is 14.1. The van der Waals surface area contributed by atoms with Crippen molar-refractivity contribution in [3.8, 4) is 5.75 Å². The number of aromatic nitrogens is 2. The summed E-state index contributed by atoms with van der Waals surface area (Å²) in [6.45, 7) is 14.5. The molecule has 1 aliphatic heterocycles. The molecule has 0 radical (unpaired) electrons. The Balaban J connectivity index is 1.64. The summed E-state index contributed by atoms with van der Waals surface area (Å²) in [5.74, 6) is 2.18. The monoisotopic (exact) mass is 504 g/mol. The molecule has 200 valence electrons. The van der Waals surface area contributed by atoms with Crippen LogP contribution >= 0.6 is 0 Å². The number of benzene rings is 2. The standard InChI is InChI=1S/C31H44N4O2/c1-23(2)21-34(22-24(3)4)31(37)26-12-13-28-29(20-26)35(17-9-16-33-14-6-5-7-15-33)30(32-28)19-25-10-8-11-27(36)18-25/h8,10-13,18,20,23-24,36H,5-7,9,14-17,19,21-22H2,1-4H3. The number of fused-ring (bicyclic) bond motifs is 1. The maximum absolute atomic E-state index is 13.6. The van der Waals surface area contributed by atoms with Crippen LogP contribution in [0.1, 0.15) is 75.1 Å². The fourth-order valence-electron chi connectivity index (χ4n) is 5.48. The van der Waals surface area contributed by atoms with Gasteiger partial charge in [0.2, 0.25) is 0 Å². The molecule has 1 saturated heterocycles. The maximum Gasteiger partial charge on any atom is 0.253 e. The second-order valence-corrected chi connectivity index (χ2v) is 11.5. The van der Waals surface area contributed by atoms with Crippen molar-refractivity contribution in [2.24, 2.45) is 11.8 Å². The number of aromatic hydroxyl groups is 1. The summed E-state index contributed by atoms with van der Waals surface area (Å²) in [6, 6.07) is 13.4. The summed E-state index contributed by atoms with van der Waals surface area (Å²) >= 11 is 0. The number of imidazole rings is 1. The molecular formula is C31H44N4O2. The van der Waals surface area contributed by atoms with Gasteiger partial charge >= 0.3 is 0 Å². The third-order valence-corrected chi connectivity index (χ3v) is 7.11. The number of aryl methyl sites for hydroxylation is 1. The highest BCUT2D eigenvalue weighted by Gasteiger charge is 2.20. The zero-order valence-electron chi connectivity index (χ0n) is 23.1. The van der Waals surface area contributed by atoms with Crippen molar-refractivity contribution < 1.29 is 9.90 Å². The van der Waals surface area contributed by atoms with Crippen LogP contribution in [-0.2, 0) is 13.0 Å². The van der Waals surface area contributed by atoms with E-state index in [1.54, 1.807) is 6.07 Å². The molecule has 3 aromatic rings. The highest BCUT2D eigenvalue weighted by Crippen LogP contribution is 2.23. The zero-order chi connectivity index (χ0) is 26.4. The largest absolute Gasteiger partial charge is 0.508 e. The number of rotatable bonds is 11. The summed E-state index contributed by atoms with van der Waals surface area (Å²) in [5, 5.41) is 9.99. The van der Waals surface area contributed by atoms with Gasteiger partial charge in [0.15, 0.2) is 0 Å². The third-order valence-electron chi connectivity index (χ3n) is 7.11. The molecule has 1 fully saturated rings. The van der Waals surface area contributed by atoms with E-state index in [-0.39, 0.29) is 11.7 Å². The minimum absolute atomic E-state index is 0.0971. The molecule has 0 bridgehead atoms. The van der Waals surface area contributed by atoms with Crippen molar-refractivity contribution in [2.45, 2.75) is 66.3 Å². The summed E-state index contributed by atoms with van der Waals surface area (Å²) in [5.41, 5.74) is 3.71. The number of nitrogens with zero attached hydrogens (tertiary/aromatic N) is 4. The topological polar surface area (TPSA) is 61.6 Å². The van der Waals surface area contributed by atoms with E-state index in [1.807, 2.05) is 41.3 Å². The zero-order valence-corrected chi connectivity index (χ0v) is 23.1. The lowest BCUT2D eigenvalue weighted by Gasteiger charge is -2.27. The van der Waals surface area contributed by atoms with Gasteiger partial charge < -0.3 is 19.5 Å². The molecule has 0 unspecified atom stereocenters. The highest BCUT2D eigenvalue weighted by molar-refractivity contribution is 5.97. The summed E-state index contributed by atoms with van der Waals surface area (Å²) in [6.07, 6.45) is 5.63. The van der Waals surface area contributed by atoms with Crippen LogP contribution in [0.15, 0.2) is 42.5 Å². The van der Waals surface area contributed by atoms with Gasteiger partial charge in [-0.15, -0.1) is 0 Å². The van der Waals surface area contributed by atoms with Crippen LogP contribution in [0, 0.1) is 11.8 Å². The lowest BCUT2D eigenvalue weighted by molar-refractivity contribution is 0.0715. The van der Waals surface area contributed by atoms with Gasteiger partial charge in [0.25, 0.3) is 5.91 Å². The summed E-state index contributed by atoms with van der Waals surface area (Å²) in [7, 11) is 0. The Morgan fingerprint density at radius 3 is 2.38 bits per heavy atom. The molecule has 1 N–H and O–H groups in total. The van der Waals surface area contributed by atoms with Gasteiger partial charge in [-0.2, -0.15) is 0 Å². The molecule has 1 aromatic heterocycles. The van der Waals surface area contributed by atoms with Crippen molar-refractivity contribution in [2.75, 3.05) is 32.7 Å². The van der Waals surface area contributed by atoms with Gasteiger partial charge in [0.1, 0.15) is 11.6 Å². The number of hydrogen-bond donors (Lipinski definition) is 1. The van der Waals surface area contributed by atoms with Crippen LogP contribution in [-0.4, -0.2) is 63.1 Å². The van der Waals surface area contributed by atoms with E-state index in [0.717, 1.165) is 60.6 Å². The Morgan fingerprint density at radius 2 is 1.70 bits per heavy atom. The van der Waals surface area contributed by atoms with E-state index < -0.39 is 0 Å². The average molecular weight is 505 g/mol. The first-order chi connectivity index (χ1) is 17.8. The molecule has 6 nitrogen and oxygen atoms in total. The Hall–Kier alpha value is -2.86. The van der Waals surface area contributed by atoms with Crippen molar-refractivity contribution in [3.63, 3.8) is 0 Å². The van der Waals surface area contributed by atoms with Crippen LogP contribution < -0.4 is 0 Å². The van der Waals surface area contributed by atoms with Crippen molar-refractivity contribution >= 4 is 16.9 Å². The predicted molar refractivity (Wildman–Crippen MR) is 151 cm³/mol. The second kappa shape index (κ2) is 12.6. The van der Waals surface area contributed by atoms with Crippen molar-refractivity contribution in [1.82, 2.24) is 19.4 Å². The summed E-state index contributed by atoms with van der Waals surface area (Å²) in [4.78, 5) is 23.1. The fourth-order valence-corrected chi connectivity index (χ4v) is 5.48. The Kier molecular flexibility index (Phi) is 9.25. The maximum atomic E-state index is 13.6. The Bertz CT molecular complexity index is 1170. The molecule has 0 atom stereocenters. The molecule has 2 heterocycles. The lowest BCUT2D eigenvalue weighted by atomic mass is 10.1. The molecule has 0 spiro atoms. The van der Waals surface area contributed by atoms with E-state index in [2.05, 4.69) is 37.2 Å². The molecule has 1 amide bonds. The number of carbonyl (C=O) groups excluding carboxylic acids is 1. The van der Waals surface area contributed by atoms with Crippen LogP contribution in [0.2, 0.25) is 0 Å². The second-order valence-electron chi connectivity index (χ2n) is 11.5. The first-order valence-electron chi connectivity index (χ1n) is 14.1. The molecular weight excluding hydrogens is 460 g/mol. The Morgan fingerprint density at radius 1 is 0.973 bits per heavy atom. The molecule has 6 heteroatoms. The number of piperidine rings is 1. The molecule has 2 aromatic carbocycles. The average Bonchev–Trinajstić information content (AvgIpc) is 3.19. The van der Waals surface area contributed by atoms with Crippen LogP contribution in [0.25, 0.3) is 11.0 Å². The van der Waals surface area contributed by atoms with Gasteiger partial charge in [0.05, 0.1) is 11.0 Å². The van der Waals surface area contributed by atoms with E-state index in [9.17, 15) is 9.90 Å². The molecule has 0 saturated carbocycles. The third kappa shape index (κ3) is 7.35. The van der Waals surface area contributed by atoms with Crippen molar-refractivity contribution in [3.05, 3.63) is 59.4 Å². The van der Waals surface area contributed by atoms with Crippen LogP contribution in [0.5, 0.6) is 5.75 Å². The Labute approximate surface area is 222 Å². The number of hydrogen-bond acceptors (Lipinski definition) is 4. The van der Waals surface area contributed by atoms with Crippen LogP contribution in [0.4, 0.5) is 0 Å². The number of amides is 1. The van der Waals surface area contributed by atoms with Gasteiger partial charge in [-0.3, -0.25) is 4.79 Å². The normalized spacial score (nSPS) is 14.6. The number of phenols is 1. The van der Waals surface area contributed by atoms with E-state index in [1.165, 1.54) is 32.4 Å². The number of carbonyl (C=O) groups is 1. The van der Waals surface area contributed by atoms with E-state index >= 15 is 0 Å². The van der Waals surface area contributed by atoms with Crippen LogP contribution in [0.3, 0.4) is 0 Å². The van der Waals surface area contributed by atoms with E-state index in [0.29, 0.717) is 18.3 Å². The van der Waals surface area contributed by atoms with Gasteiger partial charge in [-0.25, -0.2) is 4.98 Å². The highest BCUT2D eigenvalue weighted by atomic mass is 16.3. The SMILES string of the molecule is CC(C)CN(CC(C)C)C(=O)c1ccc2nc(Cc3cccc(O)c3)n(CCCN3CCCCC3)c2c1. The lowest BCUT2D eigenvalue weighted by Crippen LogP contribution is -2.37. The van der Waals surface area contributed by atoms with Gasteiger partial charge in [-0.05, 0) is 86.6 Å². The number of likely N-dealkylation sites (tertiary alicyclic amines) is 1. The molecule has 0 aliphatic carbocycles.